The molecule has 0 unspecified atom stereocenters. The van der Waals surface area contributed by atoms with Crippen LogP contribution < -0.4 is 0 Å². The molecule has 0 N–H and O–H groups in total. The summed E-state index contributed by atoms with van der Waals surface area (Å²) in [5, 5.41) is 0. The van der Waals surface area contributed by atoms with Crippen LogP contribution >= 0.6 is 0 Å². The summed E-state index contributed by atoms with van der Waals surface area (Å²) in [4.78, 5) is 36.6. The van der Waals surface area contributed by atoms with Crippen LogP contribution in [0.25, 0.3) is 11.6 Å². The summed E-state index contributed by atoms with van der Waals surface area (Å²) in [5.41, 5.74) is 10.3. The van der Waals surface area contributed by atoms with Crippen molar-refractivity contribution in [1.29, 1.82) is 0 Å². The zero-order chi connectivity index (χ0) is 37.5. The van der Waals surface area contributed by atoms with Crippen molar-refractivity contribution in [1.82, 2.24) is 0 Å². The predicted molar refractivity (Wildman–Crippen MR) is 198 cm³/mol. The average Bonchev–Trinajstić information content (AvgIpc) is 3.95. The molecule has 4 atom stereocenters. The van der Waals surface area contributed by atoms with E-state index < -0.39 is 11.6 Å². The Bertz CT molecular complexity index is 1480. The summed E-state index contributed by atoms with van der Waals surface area (Å²) >= 11 is 0. The Labute approximate surface area is 298 Å². The molecule has 2 saturated carbocycles. The minimum Gasteiger partial charge on any atom is -0.460 e. The molecule has 2 aliphatic rings. The van der Waals surface area contributed by atoms with Crippen molar-refractivity contribution in [3.63, 3.8) is 0 Å². The van der Waals surface area contributed by atoms with E-state index in [9.17, 15) is 14.4 Å². The van der Waals surface area contributed by atoms with Crippen LogP contribution in [0.4, 0.5) is 0 Å². The van der Waals surface area contributed by atoms with Crippen LogP contribution in [-0.2, 0) is 28.6 Å². The topological polar surface area (TPSA) is 115 Å². The first-order valence-electron chi connectivity index (χ1n) is 17.0. The first kappa shape index (κ1) is 41.4. The highest BCUT2D eigenvalue weighted by molar-refractivity contribution is 6.20. The molecule has 0 heterocycles. The second-order valence-corrected chi connectivity index (χ2v) is 15.2. The third kappa shape index (κ3) is 17.0. The van der Waals surface area contributed by atoms with Crippen molar-refractivity contribution in [3.8, 4) is 0 Å². The molecule has 8 nitrogen and oxygen atoms in total. The van der Waals surface area contributed by atoms with E-state index in [1.54, 1.807) is 20.8 Å². The van der Waals surface area contributed by atoms with Crippen LogP contribution in [-0.4, -0.2) is 45.7 Å². The highest BCUT2D eigenvalue weighted by Gasteiger charge is 2.47. The number of ether oxygens (including phenoxy) is 3. The largest absolute Gasteiger partial charge is 0.460 e. The molecular weight excluding hydrogens is 628 g/mol. The molecule has 268 valence electrons. The molecule has 8 heteroatoms. The zero-order valence-corrected chi connectivity index (χ0v) is 31.1. The van der Waals surface area contributed by atoms with Crippen molar-refractivity contribution in [2.45, 2.75) is 104 Å². The summed E-state index contributed by atoms with van der Waals surface area (Å²) in [7, 11) is 0. The van der Waals surface area contributed by atoms with Crippen molar-refractivity contribution in [2.75, 3.05) is 0 Å². The van der Waals surface area contributed by atoms with Crippen LogP contribution in [0.3, 0.4) is 0 Å². The summed E-state index contributed by atoms with van der Waals surface area (Å²) in [6.45, 7) is 20.3. The van der Waals surface area contributed by atoms with Crippen LogP contribution in [0.1, 0.15) is 104 Å². The quantitative estimate of drug-likeness (QED) is 0.0842. The lowest BCUT2D eigenvalue weighted by atomic mass is 10.1. The molecule has 0 aliphatic heterocycles. The molecule has 2 fully saturated rings. The van der Waals surface area contributed by atoms with Gasteiger partial charge in [-0.2, -0.15) is 4.79 Å². The van der Waals surface area contributed by atoms with Gasteiger partial charge in [0, 0.05) is 0 Å². The van der Waals surface area contributed by atoms with Crippen molar-refractivity contribution in [3.05, 3.63) is 120 Å². The summed E-state index contributed by atoms with van der Waals surface area (Å²) in [5.74, 6) is 0.132. The normalized spacial score (nSPS) is 18.7. The monoisotopic (exact) mass is 682 g/mol. The number of nitrogens with zero attached hydrogens (tertiary/aromatic N) is 2. The van der Waals surface area contributed by atoms with E-state index in [0.29, 0.717) is 18.1 Å². The smallest absolute Gasteiger partial charge is 0.414 e. The number of benzene rings is 3. The molecule has 0 bridgehead atoms. The highest BCUT2D eigenvalue weighted by atomic mass is 16.6. The van der Waals surface area contributed by atoms with E-state index in [0.717, 1.165) is 12.8 Å². The van der Waals surface area contributed by atoms with E-state index in [2.05, 4.69) is 35.6 Å². The number of carbonyl (C=O) groups excluding carboxylic acids is 3. The van der Waals surface area contributed by atoms with Gasteiger partial charge < -0.3 is 19.7 Å². The Hall–Kier alpha value is -4.81. The molecule has 50 heavy (non-hydrogen) atoms. The minimum atomic E-state index is -0.644. The number of carbonyl (C=O) groups is 3. The van der Waals surface area contributed by atoms with Crippen molar-refractivity contribution in [2.24, 2.45) is 11.8 Å². The standard InChI is InChI=1S/2C14H18O2.C8H8.C6H10N2O2/c2*1-14(2,3)16-13(15)12-9-11(12)10-7-5-4-6-8-10;1-2-8-6-4-3-5-7-8;1-6(2,3)10-5(9)4-8-7/h2*4-8,11-12H,9H2,1-3H3;2-7H,1H2;4H,1-3H3/t11-,12+;11-,12-;;/m11../s1. The average molecular weight is 683 g/mol. The van der Waals surface area contributed by atoms with E-state index in [1.807, 2.05) is 114 Å². The first-order chi connectivity index (χ1) is 23.3. The number of hydrogen-bond acceptors (Lipinski definition) is 6. The third-order valence-corrected chi connectivity index (χ3v) is 7.06. The minimum absolute atomic E-state index is 0.0543. The van der Waals surface area contributed by atoms with E-state index in [1.165, 1.54) is 16.7 Å². The van der Waals surface area contributed by atoms with Crippen molar-refractivity contribution < 1.29 is 33.4 Å². The first-order valence-corrected chi connectivity index (χ1v) is 17.0. The Morgan fingerprint density at radius 1 is 0.620 bits per heavy atom. The molecule has 3 aromatic rings. The van der Waals surface area contributed by atoms with Gasteiger partial charge in [0.1, 0.15) is 16.8 Å². The van der Waals surface area contributed by atoms with Gasteiger partial charge >= 0.3 is 24.1 Å². The van der Waals surface area contributed by atoms with Crippen LogP contribution in [0, 0.1) is 11.8 Å². The molecule has 2 aliphatic carbocycles. The van der Waals surface area contributed by atoms with E-state index >= 15 is 0 Å². The molecule has 0 radical (unpaired) electrons. The molecular formula is C42H54N2O6. The van der Waals surface area contributed by atoms with Gasteiger partial charge in [-0.3, -0.25) is 9.59 Å². The highest BCUT2D eigenvalue weighted by Crippen LogP contribution is 2.49. The van der Waals surface area contributed by atoms with Gasteiger partial charge in [0.2, 0.25) is 0 Å². The summed E-state index contributed by atoms with van der Waals surface area (Å²) in [6.07, 6.45) is 4.41. The lowest BCUT2D eigenvalue weighted by Crippen LogP contribution is -2.25. The van der Waals surface area contributed by atoms with E-state index in [4.69, 9.17) is 19.7 Å². The Morgan fingerprint density at radius 2 is 0.960 bits per heavy atom. The second-order valence-electron chi connectivity index (χ2n) is 15.2. The van der Waals surface area contributed by atoms with Crippen molar-refractivity contribution >= 4 is 30.2 Å². The second kappa shape index (κ2) is 18.8. The van der Waals surface area contributed by atoms with Gasteiger partial charge in [0.05, 0.1) is 11.8 Å². The molecule has 0 aromatic heterocycles. The lowest BCUT2D eigenvalue weighted by molar-refractivity contribution is -0.157. The number of rotatable bonds is 6. The Kier molecular flexibility index (Phi) is 15.6. The van der Waals surface area contributed by atoms with Crippen LogP contribution in [0.2, 0.25) is 0 Å². The van der Waals surface area contributed by atoms with Gasteiger partial charge in [-0.15, -0.1) is 0 Å². The van der Waals surface area contributed by atoms with Gasteiger partial charge in [0.25, 0.3) is 0 Å². The predicted octanol–water partition coefficient (Wildman–Crippen LogP) is 9.22. The number of hydrogen-bond donors (Lipinski definition) is 0. The summed E-state index contributed by atoms with van der Waals surface area (Å²) in [6, 6.07) is 30.4. The maximum absolute atomic E-state index is 11.8. The van der Waals surface area contributed by atoms with Gasteiger partial charge in [-0.25, -0.2) is 4.79 Å². The fourth-order valence-electron chi connectivity index (χ4n) is 4.77. The molecule has 0 saturated heterocycles. The van der Waals surface area contributed by atoms with Gasteiger partial charge in [-0.05, 0) is 104 Å². The third-order valence-electron chi connectivity index (χ3n) is 7.06. The van der Waals surface area contributed by atoms with Crippen LogP contribution in [0.15, 0.2) is 97.6 Å². The lowest BCUT2D eigenvalue weighted by Gasteiger charge is -2.19. The fraction of sp³-hybridized carbons (Fsp3) is 0.429. The number of esters is 3. The van der Waals surface area contributed by atoms with Crippen LogP contribution in [0.5, 0.6) is 0 Å². The molecule has 0 spiro atoms. The maximum atomic E-state index is 11.8. The maximum Gasteiger partial charge on any atom is 0.414 e. The molecule has 0 amide bonds. The van der Waals surface area contributed by atoms with E-state index in [-0.39, 0.29) is 35.0 Å². The molecule has 5 rings (SSSR count). The Morgan fingerprint density at radius 3 is 1.24 bits per heavy atom. The fourth-order valence-corrected chi connectivity index (χ4v) is 4.77. The van der Waals surface area contributed by atoms with Gasteiger partial charge in [0.15, 0.2) is 0 Å². The summed E-state index contributed by atoms with van der Waals surface area (Å²) < 4.78 is 15.5. The zero-order valence-electron chi connectivity index (χ0n) is 31.1. The molecule has 3 aromatic carbocycles. The van der Waals surface area contributed by atoms with Gasteiger partial charge in [-0.1, -0.05) is 104 Å². The Balaban J connectivity index is 0.000000241. The SMILES string of the molecule is C=Cc1ccccc1.CC(C)(C)OC(=O)C=[N+]=[N-].CC(C)(C)OC(=O)[C@@H]1C[C@@H]1c1ccccc1.CC(C)(C)OC(=O)[C@H]1C[C@@H]1c1ccccc1.